The average Bonchev–Trinajstić information content (AvgIpc) is 3.27. The molecule has 0 spiro atoms. The van der Waals surface area contributed by atoms with Crippen LogP contribution in [0.15, 0.2) is 77.8 Å². The topological polar surface area (TPSA) is 105 Å². The standard InChI is InChI=1S/C23H22FN5O3S2/c1-33-15-13-20(22-27-26-21-8-4-5-14-29(21)22)25-23(30)16-9-11-17(12-10-16)34(31,32)28-19-7-3-2-6-18(19)24/h2-12,14,20,28H,13,15H2,1H3,(H,25,30). The van der Waals surface area contributed by atoms with E-state index in [0.29, 0.717) is 17.9 Å². The molecule has 2 aromatic heterocycles. The average molecular weight is 500 g/mol. The lowest BCUT2D eigenvalue weighted by molar-refractivity contribution is 0.0933. The molecule has 0 radical (unpaired) electrons. The quantitative estimate of drug-likeness (QED) is 0.362. The van der Waals surface area contributed by atoms with E-state index in [2.05, 4.69) is 20.2 Å². The number of benzene rings is 2. The van der Waals surface area contributed by atoms with E-state index < -0.39 is 15.8 Å². The molecular formula is C23H22FN5O3S2. The largest absolute Gasteiger partial charge is 0.342 e. The van der Waals surface area contributed by atoms with Crippen LogP contribution in [0, 0.1) is 5.82 Å². The van der Waals surface area contributed by atoms with Crippen molar-refractivity contribution in [1.29, 1.82) is 0 Å². The first-order valence-electron chi connectivity index (χ1n) is 10.4. The summed E-state index contributed by atoms with van der Waals surface area (Å²) < 4.78 is 43.1. The third kappa shape index (κ3) is 5.20. The number of hydrogen-bond acceptors (Lipinski definition) is 6. The fourth-order valence-corrected chi connectivity index (χ4v) is 4.91. The van der Waals surface area contributed by atoms with Crippen molar-refractivity contribution in [3.8, 4) is 0 Å². The predicted octanol–water partition coefficient (Wildman–Crippen LogP) is 3.89. The van der Waals surface area contributed by atoms with Crippen LogP contribution >= 0.6 is 11.8 Å². The van der Waals surface area contributed by atoms with Crippen LogP contribution in [0.5, 0.6) is 0 Å². The van der Waals surface area contributed by atoms with Crippen molar-refractivity contribution < 1.29 is 17.6 Å². The van der Waals surface area contributed by atoms with Gasteiger partial charge in [0.05, 0.1) is 16.6 Å². The minimum atomic E-state index is -4.02. The number of nitrogens with one attached hydrogen (secondary N) is 2. The molecule has 8 nitrogen and oxygen atoms in total. The maximum absolute atomic E-state index is 13.8. The summed E-state index contributed by atoms with van der Waals surface area (Å²) in [6.45, 7) is 0. The van der Waals surface area contributed by atoms with E-state index in [1.54, 1.807) is 11.8 Å². The van der Waals surface area contributed by atoms with Gasteiger partial charge in [-0.15, -0.1) is 10.2 Å². The lowest BCUT2D eigenvalue weighted by atomic mass is 10.1. The number of anilines is 1. The van der Waals surface area contributed by atoms with E-state index in [9.17, 15) is 17.6 Å². The van der Waals surface area contributed by atoms with Crippen LogP contribution in [0.4, 0.5) is 10.1 Å². The summed E-state index contributed by atoms with van der Waals surface area (Å²) in [5.74, 6) is 0.362. The molecule has 1 amide bonds. The van der Waals surface area contributed by atoms with Gasteiger partial charge in [0.15, 0.2) is 11.5 Å². The number of thioether (sulfide) groups is 1. The van der Waals surface area contributed by atoms with Gasteiger partial charge in [-0.05, 0) is 67.0 Å². The Hall–Kier alpha value is -3.44. The van der Waals surface area contributed by atoms with Crippen LogP contribution in [-0.4, -0.2) is 40.9 Å². The molecule has 2 N–H and O–H groups in total. The Kier molecular flexibility index (Phi) is 7.13. The van der Waals surface area contributed by atoms with Crippen LogP contribution < -0.4 is 10.0 Å². The van der Waals surface area contributed by atoms with Crippen molar-refractivity contribution in [2.75, 3.05) is 16.7 Å². The molecule has 0 aliphatic heterocycles. The summed E-state index contributed by atoms with van der Waals surface area (Å²) in [5, 5.41) is 11.4. The molecule has 1 unspecified atom stereocenters. The van der Waals surface area contributed by atoms with Gasteiger partial charge in [0.2, 0.25) is 0 Å². The first-order valence-corrected chi connectivity index (χ1v) is 13.2. The number of hydrogen-bond donors (Lipinski definition) is 2. The zero-order chi connectivity index (χ0) is 24.1. The number of nitrogens with zero attached hydrogens (tertiary/aromatic N) is 3. The highest BCUT2D eigenvalue weighted by atomic mass is 32.2. The zero-order valence-corrected chi connectivity index (χ0v) is 19.8. The van der Waals surface area contributed by atoms with Crippen molar-refractivity contribution in [1.82, 2.24) is 19.9 Å². The van der Waals surface area contributed by atoms with Gasteiger partial charge < -0.3 is 5.32 Å². The van der Waals surface area contributed by atoms with Gasteiger partial charge >= 0.3 is 0 Å². The van der Waals surface area contributed by atoms with E-state index in [-0.39, 0.29) is 28.1 Å². The fraction of sp³-hybridized carbons (Fsp3) is 0.174. The molecule has 11 heteroatoms. The Morgan fingerprint density at radius 2 is 1.79 bits per heavy atom. The predicted molar refractivity (Wildman–Crippen MR) is 130 cm³/mol. The second-order valence-corrected chi connectivity index (χ2v) is 10.1. The van der Waals surface area contributed by atoms with Crippen molar-refractivity contribution >= 4 is 39.0 Å². The maximum Gasteiger partial charge on any atom is 0.261 e. The molecule has 4 aromatic rings. The van der Waals surface area contributed by atoms with Gasteiger partial charge in [-0.2, -0.15) is 11.8 Å². The van der Waals surface area contributed by atoms with Gasteiger partial charge in [-0.25, -0.2) is 12.8 Å². The Morgan fingerprint density at radius 3 is 2.53 bits per heavy atom. The van der Waals surface area contributed by atoms with Crippen LogP contribution in [-0.2, 0) is 10.0 Å². The summed E-state index contributed by atoms with van der Waals surface area (Å²) >= 11 is 1.65. The zero-order valence-electron chi connectivity index (χ0n) is 18.2. The van der Waals surface area contributed by atoms with Gasteiger partial charge in [0, 0.05) is 11.8 Å². The minimum Gasteiger partial charge on any atom is -0.342 e. The molecular weight excluding hydrogens is 477 g/mol. The monoisotopic (exact) mass is 499 g/mol. The third-order valence-corrected chi connectivity index (χ3v) is 7.14. The first-order chi connectivity index (χ1) is 16.4. The number of para-hydroxylation sites is 1. The molecule has 0 aliphatic rings. The normalized spacial score (nSPS) is 12.4. The summed E-state index contributed by atoms with van der Waals surface area (Å²) in [5.41, 5.74) is 0.812. The molecule has 1 atom stereocenters. The molecule has 0 bridgehead atoms. The lowest BCUT2D eigenvalue weighted by Gasteiger charge is -2.17. The molecule has 0 saturated heterocycles. The van der Waals surface area contributed by atoms with E-state index >= 15 is 0 Å². The molecule has 0 saturated carbocycles. The number of aromatic nitrogens is 3. The van der Waals surface area contributed by atoms with E-state index in [0.717, 1.165) is 11.8 Å². The lowest BCUT2D eigenvalue weighted by Crippen LogP contribution is -2.30. The van der Waals surface area contributed by atoms with Gasteiger partial charge in [0.1, 0.15) is 5.82 Å². The number of amides is 1. The Balaban J connectivity index is 1.52. The summed E-state index contributed by atoms with van der Waals surface area (Å²) in [4.78, 5) is 12.9. The molecule has 2 aromatic carbocycles. The summed E-state index contributed by atoms with van der Waals surface area (Å²) in [6, 6.07) is 16.1. The maximum atomic E-state index is 13.8. The number of carbonyl (C=O) groups excluding carboxylic acids is 1. The first kappa shape index (κ1) is 23.7. The smallest absolute Gasteiger partial charge is 0.261 e. The van der Waals surface area contributed by atoms with Crippen molar-refractivity contribution in [2.45, 2.75) is 17.4 Å². The number of halogens is 1. The van der Waals surface area contributed by atoms with Crippen LogP contribution in [0.2, 0.25) is 0 Å². The van der Waals surface area contributed by atoms with E-state index in [1.807, 2.05) is 35.1 Å². The number of carbonyl (C=O) groups is 1. The van der Waals surface area contributed by atoms with Crippen molar-refractivity contribution in [2.24, 2.45) is 0 Å². The molecule has 0 fully saturated rings. The highest BCUT2D eigenvalue weighted by Crippen LogP contribution is 2.21. The van der Waals surface area contributed by atoms with Gasteiger partial charge in [-0.3, -0.25) is 13.9 Å². The minimum absolute atomic E-state index is 0.0883. The second-order valence-electron chi connectivity index (χ2n) is 7.40. The third-order valence-electron chi connectivity index (χ3n) is 5.11. The number of fused-ring (bicyclic) bond motifs is 1. The van der Waals surface area contributed by atoms with Crippen LogP contribution in [0.3, 0.4) is 0 Å². The van der Waals surface area contributed by atoms with Crippen molar-refractivity contribution in [3.05, 3.63) is 90.1 Å². The molecule has 176 valence electrons. The molecule has 34 heavy (non-hydrogen) atoms. The van der Waals surface area contributed by atoms with E-state index in [1.165, 1.54) is 42.5 Å². The fourth-order valence-electron chi connectivity index (χ4n) is 3.37. The van der Waals surface area contributed by atoms with Gasteiger partial charge in [-0.1, -0.05) is 18.2 Å². The van der Waals surface area contributed by atoms with Crippen LogP contribution in [0.1, 0.15) is 28.6 Å². The summed E-state index contributed by atoms with van der Waals surface area (Å²) in [7, 11) is -4.02. The van der Waals surface area contributed by atoms with Crippen LogP contribution in [0.25, 0.3) is 5.65 Å². The molecule has 0 aliphatic carbocycles. The molecule has 2 heterocycles. The number of sulfonamides is 1. The highest BCUT2D eigenvalue weighted by molar-refractivity contribution is 7.98. The van der Waals surface area contributed by atoms with E-state index in [4.69, 9.17) is 0 Å². The SMILES string of the molecule is CSCCC(NC(=O)c1ccc(S(=O)(=O)Nc2ccccc2F)cc1)c1nnc2ccccn12. The number of rotatable bonds is 9. The number of pyridine rings is 1. The Bertz CT molecular complexity index is 1410. The van der Waals surface area contributed by atoms with Crippen molar-refractivity contribution in [3.63, 3.8) is 0 Å². The Morgan fingerprint density at radius 1 is 1.06 bits per heavy atom. The highest BCUT2D eigenvalue weighted by Gasteiger charge is 2.22. The van der Waals surface area contributed by atoms with Gasteiger partial charge in [0.25, 0.3) is 15.9 Å². The summed E-state index contributed by atoms with van der Waals surface area (Å²) in [6.07, 6.45) is 4.46. The Labute approximate surface area is 200 Å². The molecule has 4 rings (SSSR count). The second kappa shape index (κ2) is 10.2.